The first-order valence-corrected chi connectivity index (χ1v) is 5.06. The van der Waals surface area contributed by atoms with Gasteiger partial charge in [-0.3, -0.25) is 4.79 Å². The summed E-state index contributed by atoms with van der Waals surface area (Å²) < 4.78 is 5.09. The summed E-state index contributed by atoms with van der Waals surface area (Å²) >= 11 is 0. The summed E-state index contributed by atoms with van der Waals surface area (Å²) in [7, 11) is 1.78. The molecule has 0 aliphatic heterocycles. The zero-order chi connectivity index (χ0) is 11.4. The van der Waals surface area contributed by atoms with Crippen LogP contribution in [0.15, 0.2) is 16.7 Å². The summed E-state index contributed by atoms with van der Waals surface area (Å²) in [4.78, 5) is 13.6. The largest absolute Gasteiger partial charge is 0.469 e. The molecule has 4 heteroatoms. The van der Waals surface area contributed by atoms with Crippen LogP contribution >= 0.6 is 0 Å². The van der Waals surface area contributed by atoms with E-state index in [2.05, 4.69) is 0 Å². The zero-order valence-corrected chi connectivity index (χ0v) is 9.49. The van der Waals surface area contributed by atoms with E-state index in [9.17, 15) is 4.79 Å². The van der Waals surface area contributed by atoms with Crippen molar-refractivity contribution in [1.82, 2.24) is 4.90 Å². The van der Waals surface area contributed by atoms with Crippen LogP contribution in [0.3, 0.4) is 0 Å². The second-order valence-electron chi connectivity index (χ2n) is 3.92. The summed E-state index contributed by atoms with van der Waals surface area (Å²) in [5.74, 6) is 0.958. The molecule has 0 aliphatic rings. The first-order chi connectivity index (χ1) is 7.06. The standard InChI is InChI=1S/C11H18N2O2/c1-8(6-12)7-13(3)11(14)10-4-5-15-9(10)2/h4-5,8H,6-7,12H2,1-3H3. The lowest BCUT2D eigenvalue weighted by Gasteiger charge is -2.20. The van der Waals surface area contributed by atoms with Gasteiger partial charge in [0.05, 0.1) is 11.8 Å². The Bertz CT molecular complexity index is 333. The van der Waals surface area contributed by atoms with Gasteiger partial charge in [0, 0.05) is 13.6 Å². The molecule has 84 valence electrons. The minimum atomic E-state index is -0.0125. The maximum Gasteiger partial charge on any atom is 0.257 e. The van der Waals surface area contributed by atoms with Gasteiger partial charge in [-0.05, 0) is 25.5 Å². The van der Waals surface area contributed by atoms with Crippen molar-refractivity contribution in [3.05, 3.63) is 23.7 Å². The van der Waals surface area contributed by atoms with Crippen molar-refractivity contribution >= 4 is 5.91 Å². The van der Waals surface area contributed by atoms with Gasteiger partial charge in [0.25, 0.3) is 5.91 Å². The molecule has 0 saturated carbocycles. The van der Waals surface area contributed by atoms with Crippen LogP contribution in [0.25, 0.3) is 0 Å². The van der Waals surface area contributed by atoms with Gasteiger partial charge in [0.2, 0.25) is 0 Å². The molecule has 2 N–H and O–H groups in total. The van der Waals surface area contributed by atoms with Gasteiger partial charge >= 0.3 is 0 Å². The van der Waals surface area contributed by atoms with Crippen molar-refractivity contribution in [3.63, 3.8) is 0 Å². The molecule has 0 radical (unpaired) electrons. The molecule has 4 nitrogen and oxygen atoms in total. The fraction of sp³-hybridized carbons (Fsp3) is 0.545. The smallest absolute Gasteiger partial charge is 0.257 e. The van der Waals surface area contributed by atoms with Crippen molar-refractivity contribution < 1.29 is 9.21 Å². The molecule has 0 fully saturated rings. The number of nitrogens with two attached hydrogens (primary N) is 1. The normalized spacial score (nSPS) is 12.5. The highest BCUT2D eigenvalue weighted by atomic mass is 16.3. The Labute approximate surface area is 90.0 Å². The van der Waals surface area contributed by atoms with Gasteiger partial charge in [-0.1, -0.05) is 6.92 Å². The molecule has 1 atom stereocenters. The van der Waals surface area contributed by atoms with E-state index in [1.165, 1.54) is 6.26 Å². The summed E-state index contributed by atoms with van der Waals surface area (Å²) in [6.45, 7) is 5.06. The number of carbonyl (C=O) groups excluding carboxylic acids is 1. The molecule has 0 spiro atoms. The average molecular weight is 210 g/mol. The Kier molecular flexibility index (Phi) is 3.91. The molecular formula is C11H18N2O2. The second kappa shape index (κ2) is 4.98. The number of rotatable bonds is 4. The highest BCUT2D eigenvalue weighted by Gasteiger charge is 2.17. The molecule has 1 heterocycles. The first-order valence-electron chi connectivity index (χ1n) is 5.06. The summed E-state index contributed by atoms with van der Waals surface area (Å²) in [5, 5.41) is 0. The number of amides is 1. The minimum Gasteiger partial charge on any atom is -0.469 e. The van der Waals surface area contributed by atoms with E-state index < -0.39 is 0 Å². The van der Waals surface area contributed by atoms with Gasteiger partial charge in [0.15, 0.2) is 0 Å². The van der Waals surface area contributed by atoms with Crippen LogP contribution in [0.2, 0.25) is 0 Å². The van der Waals surface area contributed by atoms with Crippen LogP contribution in [0.1, 0.15) is 23.0 Å². The van der Waals surface area contributed by atoms with Crippen LogP contribution in [0, 0.1) is 12.8 Å². The molecular weight excluding hydrogens is 192 g/mol. The third-order valence-corrected chi connectivity index (χ3v) is 2.42. The van der Waals surface area contributed by atoms with Gasteiger partial charge in [0.1, 0.15) is 5.76 Å². The maximum atomic E-state index is 11.9. The van der Waals surface area contributed by atoms with E-state index in [-0.39, 0.29) is 5.91 Å². The third-order valence-electron chi connectivity index (χ3n) is 2.42. The predicted octanol–water partition coefficient (Wildman–Crippen LogP) is 1.25. The topological polar surface area (TPSA) is 59.5 Å². The quantitative estimate of drug-likeness (QED) is 0.813. The summed E-state index contributed by atoms with van der Waals surface area (Å²) in [5.41, 5.74) is 6.14. The fourth-order valence-electron chi connectivity index (χ4n) is 1.44. The molecule has 1 unspecified atom stereocenters. The summed E-state index contributed by atoms with van der Waals surface area (Å²) in [6, 6.07) is 1.70. The Morgan fingerprint density at radius 2 is 2.33 bits per heavy atom. The van der Waals surface area contributed by atoms with Gasteiger partial charge in [-0.25, -0.2) is 0 Å². The van der Waals surface area contributed by atoms with Crippen molar-refractivity contribution in [2.24, 2.45) is 11.7 Å². The molecule has 1 amide bonds. The highest BCUT2D eigenvalue weighted by Crippen LogP contribution is 2.11. The molecule has 1 aromatic heterocycles. The Hall–Kier alpha value is -1.29. The fourth-order valence-corrected chi connectivity index (χ4v) is 1.44. The molecule has 1 rings (SSSR count). The van der Waals surface area contributed by atoms with E-state index in [4.69, 9.17) is 10.2 Å². The van der Waals surface area contributed by atoms with Crippen molar-refractivity contribution in [1.29, 1.82) is 0 Å². The molecule has 0 aliphatic carbocycles. The molecule has 1 aromatic rings. The number of furan rings is 1. The number of hydrogen-bond acceptors (Lipinski definition) is 3. The molecule has 15 heavy (non-hydrogen) atoms. The van der Waals surface area contributed by atoms with Gasteiger partial charge in [-0.2, -0.15) is 0 Å². The van der Waals surface area contributed by atoms with E-state index in [0.29, 0.717) is 30.3 Å². The van der Waals surface area contributed by atoms with Crippen LogP contribution in [0.4, 0.5) is 0 Å². The van der Waals surface area contributed by atoms with E-state index in [1.54, 1.807) is 24.9 Å². The van der Waals surface area contributed by atoms with E-state index in [1.807, 2.05) is 6.92 Å². The van der Waals surface area contributed by atoms with Crippen LogP contribution in [-0.2, 0) is 0 Å². The van der Waals surface area contributed by atoms with Crippen LogP contribution in [-0.4, -0.2) is 30.9 Å². The monoisotopic (exact) mass is 210 g/mol. The lowest BCUT2D eigenvalue weighted by atomic mass is 10.1. The highest BCUT2D eigenvalue weighted by molar-refractivity contribution is 5.94. The van der Waals surface area contributed by atoms with Gasteiger partial charge in [-0.15, -0.1) is 0 Å². The second-order valence-corrected chi connectivity index (χ2v) is 3.92. The minimum absolute atomic E-state index is 0.0125. The van der Waals surface area contributed by atoms with Crippen LogP contribution in [0.5, 0.6) is 0 Å². The lowest BCUT2D eigenvalue weighted by Crippen LogP contribution is -2.33. The van der Waals surface area contributed by atoms with E-state index in [0.717, 1.165) is 0 Å². The van der Waals surface area contributed by atoms with Gasteiger partial charge < -0.3 is 15.1 Å². The van der Waals surface area contributed by atoms with Crippen molar-refractivity contribution in [3.8, 4) is 0 Å². The SMILES string of the molecule is Cc1occc1C(=O)N(C)CC(C)CN. The maximum absolute atomic E-state index is 11.9. The molecule has 0 aromatic carbocycles. The van der Waals surface area contributed by atoms with Crippen LogP contribution < -0.4 is 5.73 Å². The number of aryl methyl sites for hydroxylation is 1. The number of nitrogens with zero attached hydrogens (tertiary/aromatic N) is 1. The van der Waals surface area contributed by atoms with Crippen molar-refractivity contribution in [2.75, 3.05) is 20.1 Å². The van der Waals surface area contributed by atoms with Crippen molar-refractivity contribution in [2.45, 2.75) is 13.8 Å². The summed E-state index contributed by atoms with van der Waals surface area (Å²) in [6.07, 6.45) is 1.53. The molecule has 0 saturated heterocycles. The third kappa shape index (κ3) is 2.83. The Balaban J connectivity index is 2.65. The number of hydrogen-bond donors (Lipinski definition) is 1. The molecule has 0 bridgehead atoms. The van der Waals surface area contributed by atoms with E-state index >= 15 is 0 Å². The number of carbonyl (C=O) groups is 1. The first kappa shape index (κ1) is 11.8. The Morgan fingerprint density at radius 3 is 2.80 bits per heavy atom. The predicted molar refractivity (Wildman–Crippen MR) is 58.6 cm³/mol. The lowest BCUT2D eigenvalue weighted by molar-refractivity contribution is 0.0775. The average Bonchev–Trinajstić information content (AvgIpc) is 2.63. The Morgan fingerprint density at radius 1 is 1.67 bits per heavy atom. The zero-order valence-electron chi connectivity index (χ0n) is 9.49.